The van der Waals surface area contributed by atoms with Crippen LogP contribution in [-0.2, 0) is 11.3 Å². The van der Waals surface area contributed by atoms with Gasteiger partial charge >= 0.3 is 0 Å². The van der Waals surface area contributed by atoms with Crippen molar-refractivity contribution in [3.05, 3.63) is 42.2 Å². The number of aromatic nitrogens is 3. The number of hydrogen-bond donors (Lipinski definition) is 1. The lowest BCUT2D eigenvalue weighted by Gasteiger charge is -2.13. The summed E-state index contributed by atoms with van der Waals surface area (Å²) in [6.45, 7) is 6.39. The molecule has 0 aromatic carbocycles. The zero-order valence-corrected chi connectivity index (χ0v) is 15.2. The third-order valence-corrected chi connectivity index (χ3v) is 4.60. The SMILES string of the molecule is Cc1occc1-c1nnc(SCC(=O)NCc2ccco2)n1C(C)C. The van der Waals surface area contributed by atoms with Gasteiger partial charge < -0.3 is 14.2 Å². The number of carbonyl (C=O) groups excluding carboxylic acids is 1. The Hall–Kier alpha value is -2.48. The van der Waals surface area contributed by atoms with Crippen molar-refractivity contribution in [3.8, 4) is 11.4 Å². The number of aryl methyl sites for hydroxylation is 1. The minimum absolute atomic E-state index is 0.0826. The van der Waals surface area contributed by atoms with Gasteiger partial charge in [-0.1, -0.05) is 11.8 Å². The van der Waals surface area contributed by atoms with E-state index in [1.807, 2.05) is 23.6 Å². The zero-order valence-electron chi connectivity index (χ0n) is 14.4. The predicted octanol–water partition coefficient (Wildman–Crippen LogP) is 3.43. The van der Waals surface area contributed by atoms with Gasteiger partial charge in [0, 0.05) is 6.04 Å². The van der Waals surface area contributed by atoms with Crippen molar-refractivity contribution < 1.29 is 13.6 Å². The van der Waals surface area contributed by atoms with Crippen LogP contribution in [0.4, 0.5) is 0 Å². The van der Waals surface area contributed by atoms with Crippen LogP contribution < -0.4 is 5.32 Å². The highest BCUT2D eigenvalue weighted by atomic mass is 32.2. The first-order valence-corrected chi connectivity index (χ1v) is 8.96. The molecule has 0 spiro atoms. The summed E-state index contributed by atoms with van der Waals surface area (Å²) in [5.41, 5.74) is 0.912. The first kappa shape index (κ1) is 17.3. The number of furan rings is 2. The van der Waals surface area contributed by atoms with Gasteiger partial charge in [-0.15, -0.1) is 10.2 Å². The average Bonchev–Trinajstić information content (AvgIpc) is 3.31. The first-order chi connectivity index (χ1) is 12.1. The number of rotatable bonds is 7. The van der Waals surface area contributed by atoms with Crippen LogP contribution in [0.15, 0.2) is 44.7 Å². The number of thioether (sulfide) groups is 1. The van der Waals surface area contributed by atoms with E-state index in [0.29, 0.717) is 11.7 Å². The fourth-order valence-electron chi connectivity index (χ4n) is 2.42. The zero-order chi connectivity index (χ0) is 17.8. The molecule has 25 heavy (non-hydrogen) atoms. The molecule has 3 rings (SSSR count). The fourth-order valence-corrected chi connectivity index (χ4v) is 3.32. The molecule has 0 saturated heterocycles. The van der Waals surface area contributed by atoms with Gasteiger partial charge in [0.25, 0.3) is 0 Å². The fraction of sp³-hybridized carbons (Fsp3) is 0.353. The van der Waals surface area contributed by atoms with Crippen LogP contribution in [-0.4, -0.2) is 26.4 Å². The summed E-state index contributed by atoms with van der Waals surface area (Å²) in [7, 11) is 0. The largest absolute Gasteiger partial charge is 0.469 e. The molecule has 3 aromatic rings. The molecule has 0 aliphatic heterocycles. The summed E-state index contributed by atoms with van der Waals surface area (Å²) in [5.74, 6) is 2.44. The Kier molecular flexibility index (Phi) is 5.28. The maximum Gasteiger partial charge on any atom is 0.230 e. The smallest absolute Gasteiger partial charge is 0.230 e. The molecule has 0 radical (unpaired) electrons. The summed E-state index contributed by atoms with van der Waals surface area (Å²) < 4.78 is 12.6. The Morgan fingerprint density at radius 3 is 2.76 bits per heavy atom. The van der Waals surface area contributed by atoms with Gasteiger partial charge in [-0.2, -0.15) is 0 Å². The Balaban J connectivity index is 1.67. The third-order valence-electron chi connectivity index (χ3n) is 3.65. The minimum atomic E-state index is -0.0826. The van der Waals surface area contributed by atoms with Gasteiger partial charge in [-0.05, 0) is 39.0 Å². The lowest BCUT2D eigenvalue weighted by Crippen LogP contribution is -2.24. The molecule has 0 fully saturated rings. The van der Waals surface area contributed by atoms with Crippen molar-refractivity contribution in [2.24, 2.45) is 0 Å². The van der Waals surface area contributed by atoms with Crippen molar-refractivity contribution >= 4 is 17.7 Å². The van der Waals surface area contributed by atoms with E-state index in [0.717, 1.165) is 22.9 Å². The molecule has 0 unspecified atom stereocenters. The Morgan fingerprint density at radius 1 is 1.28 bits per heavy atom. The number of hydrogen-bond acceptors (Lipinski definition) is 6. The number of nitrogens with zero attached hydrogens (tertiary/aromatic N) is 3. The van der Waals surface area contributed by atoms with Gasteiger partial charge in [-0.25, -0.2) is 0 Å². The van der Waals surface area contributed by atoms with E-state index in [1.165, 1.54) is 11.8 Å². The lowest BCUT2D eigenvalue weighted by molar-refractivity contribution is -0.118. The molecule has 7 nitrogen and oxygen atoms in total. The van der Waals surface area contributed by atoms with Crippen LogP contribution in [0.1, 0.15) is 31.4 Å². The van der Waals surface area contributed by atoms with Crippen molar-refractivity contribution in [2.75, 3.05) is 5.75 Å². The molecule has 0 saturated carbocycles. The van der Waals surface area contributed by atoms with E-state index < -0.39 is 0 Å². The standard InChI is InChI=1S/C17H20N4O3S/c1-11(2)21-16(14-6-8-23-12(14)3)19-20-17(21)25-10-15(22)18-9-13-5-4-7-24-13/h4-8,11H,9-10H2,1-3H3,(H,18,22). The molecule has 0 bridgehead atoms. The van der Waals surface area contributed by atoms with Gasteiger partial charge in [0.1, 0.15) is 11.5 Å². The molecule has 8 heteroatoms. The minimum Gasteiger partial charge on any atom is -0.469 e. The van der Waals surface area contributed by atoms with Crippen LogP contribution in [0, 0.1) is 6.92 Å². The molecular weight excluding hydrogens is 340 g/mol. The second kappa shape index (κ2) is 7.60. The van der Waals surface area contributed by atoms with Crippen molar-refractivity contribution in [2.45, 2.75) is 38.5 Å². The molecule has 0 aliphatic rings. The van der Waals surface area contributed by atoms with Crippen LogP contribution in [0.2, 0.25) is 0 Å². The molecule has 0 atom stereocenters. The van der Waals surface area contributed by atoms with E-state index in [1.54, 1.807) is 18.6 Å². The first-order valence-electron chi connectivity index (χ1n) is 7.97. The second-order valence-electron chi connectivity index (χ2n) is 5.81. The van der Waals surface area contributed by atoms with Crippen LogP contribution >= 0.6 is 11.8 Å². The van der Waals surface area contributed by atoms with Crippen LogP contribution in [0.5, 0.6) is 0 Å². The predicted molar refractivity (Wildman–Crippen MR) is 94.1 cm³/mol. The third kappa shape index (κ3) is 3.96. The summed E-state index contributed by atoms with van der Waals surface area (Å²) in [6.07, 6.45) is 3.22. The highest BCUT2D eigenvalue weighted by Crippen LogP contribution is 2.29. The highest BCUT2D eigenvalue weighted by molar-refractivity contribution is 7.99. The molecule has 132 valence electrons. The Bertz CT molecular complexity index is 836. The van der Waals surface area contributed by atoms with E-state index in [2.05, 4.69) is 29.4 Å². The summed E-state index contributed by atoms with van der Waals surface area (Å²) >= 11 is 1.36. The molecule has 0 aliphatic carbocycles. The Labute approximate surface area is 149 Å². The quantitative estimate of drug-likeness (QED) is 0.650. The molecule has 1 amide bonds. The van der Waals surface area contributed by atoms with E-state index in [9.17, 15) is 4.79 Å². The van der Waals surface area contributed by atoms with Crippen LogP contribution in [0.3, 0.4) is 0 Å². The highest BCUT2D eigenvalue weighted by Gasteiger charge is 2.20. The normalized spacial score (nSPS) is 11.2. The maximum absolute atomic E-state index is 12.0. The van der Waals surface area contributed by atoms with Crippen molar-refractivity contribution in [1.29, 1.82) is 0 Å². The lowest BCUT2D eigenvalue weighted by atomic mass is 10.2. The van der Waals surface area contributed by atoms with Gasteiger partial charge in [-0.3, -0.25) is 9.36 Å². The second-order valence-corrected chi connectivity index (χ2v) is 6.75. The number of carbonyl (C=O) groups is 1. The average molecular weight is 360 g/mol. The molecule has 1 N–H and O–H groups in total. The van der Waals surface area contributed by atoms with Crippen LogP contribution in [0.25, 0.3) is 11.4 Å². The van der Waals surface area contributed by atoms with Crippen molar-refractivity contribution in [1.82, 2.24) is 20.1 Å². The summed E-state index contributed by atoms with van der Waals surface area (Å²) in [6, 6.07) is 5.65. The van der Waals surface area contributed by atoms with Crippen molar-refractivity contribution in [3.63, 3.8) is 0 Å². The number of amides is 1. The molecular formula is C17H20N4O3S. The monoisotopic (exact) mass is 360 g/mol. The van der Waals surface area contributed by atoms with Gasteiger partial charge in [0.2, 0.25) is 5.91 Å². The van der Waals surface area contributed by atoms with Gasteiger partial charge in [0.05, 0.1) is 30.4 Å². The van der Waals surface area contributed by atoms with E-state index in [-0.39, 0.29) is 17.7 Å². The summed E-state index contributed by atoms with van der Waals surface area (Å²) in [4.78, 5) is 12.0. The number of nitrogens with one attached hydrogen (secondary N) is 1. The van der Waals surface area contributed by atoms with E-state index in [4.69, 9.17) is 8.83 Å². The topological polar surface area (TPSA) is 86.1 Å². The molecule has 3 aromatic heterocycles. The van der Waals surface area contributed by atoms with E-state index >= 15 is 0 Å². The molecule has 3 heterocycles. The maximum atomic E-state index is 12.0. The van der Waals surface area contributed by atoms with Gasteiger partial charge in [0.15, 0.2) is 11.0 Å². The summed E-state index contributed by atoms with van der Waals surface area (Å²) in [5, 5.41) is 12.1. The Morgan fingerprint density at radius 2 is 2.12 bits per heavy atom.